The van der Waals surface area contributed by atoms with E-state index in [1.807, 2.05) is 89.2 Å². The minimum atomic E-state index is -3.84. The summed E-state index contributed by atoms with van der Waals surface area (Å²) in [5, 5.41) is 3.51. The van der Waals surface area contributed by atoms with Crippen LogP contribution in [0.2, 0.25) is 5.02 Å². The third-order valence-electron chi connectivity index (χ3n) is 6.38. The lowest BCUT2D eigenvalue weighted by Gasteiger charge is -2.35. The Labute approximate surface area is 243 Å². The molecule has 0 heterocycles. The summed E-state index contributed by atoms with van der Waals surface area (Å²) in [7, 11) is -3.84. The summed E-state index contributed by atoms with van der Waals surface area (Å²) in [5.41, 5.74) is 2.96. The van der Waals surface area contributed by atoms with Gasteiger partial charge in [-0.05, 0) is 69.0 Å². The smallest absolute Gasteiger partial charge is 0.244 e. The SMILES string of the molecule is Cc1cccc(C)c1N(CC(=O)N(Cc1cccc(Cl)c1)[C@@H](Cc1ccccc1)C(=O)NC(C)(C)C)S(C)(=O)=O. The maximum Gasteiger partial charge on any atom is 0.244 e. The molecule has 1 atom stereocenters. The normalized spacial score (nSPS) is 12.5. The predicted molar refractivity (Wildman–Crippen MR) is 162 cm³/mol. The number of rotatable bonds is 10. The molecule has 0 aliphatic carbocycles. The van der Waals surface area contributed by atoms with Gasteiger partial charge in [-0.3, -0.25) is 13.9 Å². The lowest BCUT2D eigenvalue weighted by atomic mass is 10.0. The number of nitrogens with zero attached hydrogens (tertiary/aromatic N) is 2. The Morgan fingerprint density at radius 1 is 0.900 bits per heavy atom. The largest absolute Gasteiger partial charge is 0.350 e. The Balaban J connectivity index is 2.11. The zero-order valence-corrected chi connectivity index (χ0v) is 25.5. The van der Waals surface area contributed by atoms with E-state index in [-0.39, 0.29) is 18.9 Å². The van der Waals surface area contributed by atoms with Crippen molar-refractivity contribution in [3.63, 3.8) is 0 Å². The number of hydrogen-bond donors (Lipinski definition) is 1. The number of halogens is 1. The molecule has 0 saturated carbocycles. The summed E-state index contributed by atoms with van der Waals surface area (Å²) in [5.74, 6) is -0.831. The lowest BCUT2D eigenvalue weighted by molar-refractivity contribution is -0.140. The van der Waals surface area contributed by atoms with Gasteiger partial charge in [-0.25, -0.2) is 8.42 Å². The molecule has 0 spiro atoms. The van der Waals surface area contributed by atoms with E-state index in [0.717, 1.165) is 32.8 Å². The highest BCUT2D eigenvalue weighted by molar-refractivity contribution is 7.92. The molecule has 9 heteroatoms. The fraction of sp³-hybridized carbons (Fsp3) is 0.355. The van der Waals surface area contributed by atoms with Gasteiger partial charge in [-0.15, -0.1) is 0 Å². The quantitative estimate of drug-likeness (QED) is 0.352. The number of sulfonamides is 1. The van der Waals surface area contributed by atoms with Crippen molar-refractivity contribution in [1.29, 1.82) is 0 Å². The van der Waals surface area contributed by atoms with Crippen molar-refractivity contribution in [2.24, 2.45) is 0 Å². The Bertz CT molecular complexity index is 1430. The van der Waals surface area contributed by atoms with Gasteiger partial charge in [0.05, 0.1) is 11.9 Å². The number of amides is 2. The second-order valence-corrected chi connectivity index (χ2v) is 13.4. The van der Waals surface area contributed by atoms with Crippen LogP contribution in [0.5, 0.6) is 0 Å². The Hall–Kier alpha value is -3.36. The third-order valence-corrected chi connectivity index (χ3v) is 7.73. The van der Waals surface area contributed by atoms with Gasteiger partial charge >= 0.3 is 0 Å². The molecule has 2 amide bonds. The first-order chi connectivity index (χ1) is 18.7. The number of carbonyl (C=O) groups is 2. The first-order valence-corrected chi connectivity index (χ1v) is 15.3. The molecule has 0 aliphatic rings. The van der Waals surface area contributed by atoms with Crippen LogP contribution in [0.15, 0.2) is 72.8 Å². The molecule has 40 heavy (non-hydrogen) atoms. The summed E-state index contributed by atoms with van der Waals surface area (Å²) >= 11 is 6.26. The van der Waals surface area contributed by atoms with Crippen LogP contribution in [0.4, 0.5) is 5.69 Å². The maximum absolute atomic E-state index is 14.2. The van der Waals surface area contributed by atoms with Gasteiger partial charge in [0, 0.05) is 23.5 Å². The first kappa shape index (κ1) is 31.2. The molecule has 0 radical (unpaired) electrons. The van der Waals surface area contributed by atoms with Crippen LogP contribution in [-0.2, 0) is 32.6 Å². The van der Waals surface area contributed by atoms with Gasteiger partial charge in [0.2, 0.25) is 21.8 Å². The third kappa shape index (κ3) is 8.57. The van der Waals surface area contributed by atoms with Crippen LogP contribution in [-0.4, -0.2) is 49.5 Å². The maximum atomic E-state index is 14.2. The van der Waals surface area contributed by atoms with Crippen molar-refractivity contribution >= 4 is 39.1 Å². The number of carbonyl (C=O) groups excluding carboxylic acids is 2. The number of anilines is 1. The van der Waals surface area contributed by atoms with E-state index in [9.17, 15) is 18.0 Å². The first-order valence-electron chi connectivity index (χ1n) is 13.1. The monoisotopic (exact) mass is 583 g/mol. The molecule has 0 aromatic heterocycles. The summed E-state index contributed by atoms with van der Waals surface area (Å²) in [4.78, 5) is 29.4. The molecular formula is C31H38ClN3O4S. The van der Waals surface area contributed by atoms with Gasteiger partial charge in [0.1, 0.15) is 12.6 Å². The molecule has 3 rings (SSSR count). The van der Waals surface area contributed by atoms with Crippen molar-refractivity contribution < 1.29 is 18.0 Å². The van der Waals surface area contributed by atoms with Crippen LogP contribution in [0, 0.1) is 13.8 Å². The van der Waals surface area contributed by atoms with Gasteiger partial charge in [0.15, 0.2) is 0 Å². The number of hydrogen-bond acceptors (Lipinski definition) is 4. The minimum Gasteiger partial charge on any atom is -0.350 e. The van der Waals surface area contributed by atoms with E-state index in [2.05, 4.69) is 5.32 Å². The number of benzene rings is 3. The molecule has 0 unspecified atom stereocenters. The molecule has 0 bridgehead atoms. The van der Waals surface area contributed by atoms with Crippen molar-refractivity contribution in [3.8, 4) is 0 Å². The van der Waals surface area contributed by atoms with Gasteiger partial charge < -0.3 is 10.2 Å². The van der Waals surface area contributed by atoms with E-state index in [1.54, 1.807) is 18.2 Å². The van der Waals surface area contributed by atoms with Crippen LogP contribution < -0.4 is 9.62 Å². The van der Waals surface area contributed by atoms with E-state index < -0.39 is 34.1 Å². The molecule has 3 aromatic rings. The van der Waals surface area contributed by atoms with E-state index in [1.165, 1.54) is 4.90 Å². The van der Waals surface area contributed by atoms with Gasteiger partial charge in [-0.1, -0.05) is 72.3 Å². The molecule has 214 valence electrons. The van der Waals surface area contributed by atoms with Crippen LogP contribution >= 0.6 is 11.6 Å². The molecule has 7 nitrogen and oxygen atoms in total. The van der Waals surface area contributed by atoms with E-state index in [4.69, 9.17) is 11.6 Å². The van der Waals surface area contributed by atoms with Gasteiger partial charge in [0.25, 0.3) is 0 Å². The zero-order chi connectivity index (χ0) is 29.7. The Morgan fingerprint density at radius 3 is 2.02 bits per heavy atom. The highest BCUT2D eigenvalue weighted by atomic mass is 35.5. The Morgan fingerprint density at radius 2 is 1.48 bits per heavy atom. The van der Waals surface area contributed by atoms with Crippen LogP contribution in [0.1, 0.15) is 43.0 Å². The highest BCUT2D eigenvalue weighted by Gasteiger charge is 2.34. The number of aryl methyl sites for hydroxylation is 2. The number of para-hydroxylation sites is 1. The zero-order valence-electron chi connectivity index (χ0n) is 23.9. The molecule has 0 aliphatic heterocycles. The van der Waals surface area contributed by atoms with Crippen molar-refractivity contribution in [1.82, 2.24) is 10.2 Å². The fourth-order valence-electron chi connectivity index (χ4n) is 4.61. The van der Waals surface area contributed by atoms with E-state index >= 15 is 0 Å². The van der Waals surface area contributed by atoms with Crippen LogP contribution in [0.25, 0.3) is 0 Å². The topological polar surface area (TPSA) is 86.8 Å². The van der Waals surface area contributed by atoms with Crippen LogP contribution in [0.3, 0.4) is 0 Å². The lowest BCUT2D eigenvalue weighted by Crippen LogP contribution is -2.56. The molecular weight excluding hydrogens is 546 g/mol. The average molecular weight is 584 g/mol. The summed E-state index contributed by atoms with van der Waals surface area (Å²) < 4.78 is 27.2. The predicted octanol–water partition coefficient (Wildman–Crippen LogP) is 5.28. The standard InChI is InChI=1S/C31H38ClN3O4S/c1-22-12-10-13-23(2)29(22)35(40(6,38)39)21-28(36)34(20-25-16-11-17-26(32)18-25)27(30(37)33-31(3,4)5)19-24-14-8-7-9-15-24/h7-18,27H,19-21H2,1-6H3,(H,33,37)/t27-/m0/s1. The molecule has 1 N–H and O–H groups in total. The Kier molecular flexibility index (Phi) is 10.0. The molecule has 3 aromatic carbocycles. The number of nitrogens with one attached hydrogen (secondary N) is 1. The molecule has 0 saturated heterocycles. The highest BCUT2D eigenvalue weighted by Crippen LogP contribution is 2.27. The van der Waals surface area contributed by atoms with Gasteiger partial charge in [-0.2, -0.15) is 0 Å². The molecule has 0 fully saturated rings. The summed E-state index contributed by atoms with van der Waals surface area (Å²) in [6, 6.07) is 21.1. The average Bonchev–Trinajstić information content (AvgIpc) is 2.84. The summed E-state index contributed by atoms with van der Waals surface area (Å²) in [6.45, 7) is 8.85. The second kappa shape index (κ2) is 12.9. The van der Waals surface area contributed by atoms with Crippen molar-refractivity contribution in [2.45, 2.75) is 59.2 Å². The minimum absolute atomic E-state index is 0.0683. The van der Waals surface area contributed by atoms with Crippen molar-refractivity contribution in [3.05, 3.63) is 100 Å². The van der Waals surface area contributed by atoms with Crippen molar-refractivity contribution in [2.75, 3.05) is 17.1 Å². The fourth-order valence-corrected chi connectivity index (χ4v) is 5.79. The van der Waals surface area contributed by atoms with E-state index in [0.29, 0.717) is 10.7 Å². The summed E-state index contributed by atoms with van der Waals surface area (Å²) in [6.07, 6.45) is 1.33. The second-order valence-electron chi connectivity index (χ2n) is 11.1.